The third-order valence-electron chi connectivity index (χ3n) is 2.28. The molecule has 0 aliphatic rings. The third-order valence-corrected chi connectivity index (χ3v) is 2.28. The first-order valence-corrected chi connectivity index (χ1v) is 6.06. The first kappa shape index (κ1) is 18.3. The molecule has 1 aromatic carbocycles. The van der Waals surface area contributed by atoms with Gasteiger partial charge in [0, 0.05) is 17.7 Å². The van der Waals surface area contributed by atoms with Gasteiger partial charge in [0.1, 0.15) is 11.5 Å². The van der Waals surface area contributed by atoms with Gasteiger partial charge in [0.15, 0.2) is 0 Å². The summed E-state index contributed by atoms with van der Waals surface area (Å²) in [7, 11) is 0. The van der Waals surface area contributed by atoms with Crippen molar-refractivity contribution in [3.05, 3.63) is 29.8 Å². The number of carbonyl (C=O) groups excluding carboxylic acids is 2. The van der Waals surface area contributed by atoms with Gasteiger partial charge in [0.2, 0.25) is 11.8 Å². The monoisotopic (exact) mass is 336 g/mol. The van der Waals surface area contributed by atoms with Crippen LogP contribution in [0.3, 0.4) is 0 Å². The summed E-state index contributed by atoms with van der Waals surface area (Å²) >= 11 is 0. The van der Waals surface area contributed by atoms with Crippen LogP contribution in [-0.4, -0.2) is 31.6 Å². The second-order valence-electron chi connectivity index (χ2n) is 3.97. The number of rotatable bonds is 8. The lowest BCUT2D eigenvalue weighted by atomic mass is 10.1. The molecule has 1 rings (SSSR count). The minimum Gasteiger partial charge on any atom is -0.435 e. The molecule has 0 fully saturated rings. The third kappa shape index (κ3) is 7.16. The van der Waals surface area contributed by atoms with Gasteiger partial charge in [-0.25, -0.2) is 0 Å². The highest BCUT2D eigenvalue weighted by Gasteiger charge is 2.12. The van der Waals surface area contributed by atoms with Gasteiger partial charge in [0.05, 0.1) is 6.54 Å². The summed E-state index contributed by atoms with van der Waals surface area (Å²) in [5, 5.41) is 2.14. The Bertz CT molecular complexity index is 593. The molecule has 0 saturated carbocycles. The van der Waals surface area contributed by atoms with Crippen molar-refractivity contribution in [3.8, 4) is 11.5 Å². The minimum absolute atomic E-state index is 0.0149. The predicted octanol–water partition coefficient (Wildman–Crippen LogP) is 1.50. The van der Waals surface area contributed by atoms with Gasteiger partial charge in [-0.2, -0.15) is 17.6 Å². The second-order valence-corrected chi connectivity index (χ2v) is 3.97. The van der Waals surface area contributed by atoms with Crippen LogP contribution in [-0.2, 0) is 9.59 Å². The molecule has 0 aromatic heterocycles. The number of benzene rings is 1. The summed E-state index contributed by atoms with van der Waals surface area (Å²) in [6.07, 6.45) is 2.03. The maximum absolute atomic E-state index is 12.3. The quantitative estimate of drug-likeness (QED) is 0.556. The van der Waals surface area contributed by atoms with E-state index in [1.54, 1.807) is 0 Å². The zero-order valence-corrected chi connectivity index (χ0v) is 11.5. The molecular weight excluding hydrogens is 324 g/mol. The summed E-state index contributed by atoms with van der Waals surface area (Å²) in [5.74, 6) is -2.32. The number of nitrogens with two attached hydrogens (primary N) is 1. The van der Waals surface area contributed by atoms with Crippen molar-refractivity contribution in [2.24, 2.45) is 5.73 Å². The summed E-state index contributed by atoms with van der Waals surface area (Å²) in [6.45, 7) is -6.73. The number of carbonyl (C=O) groups is 2. The van der Waals surface area contributed by atoms with Crippen LogP contribution >= 0.6 is 0 Å². The minimum atomic E-state index is -3.20. The van der Waals surface area contributed by atoms with E-state index in [2.05, 4.69) is 14.8 Å². The maximum Gasteiger partial charge on any atom is 0.387 e. The Morgan fingerprint density at radius 1 is 1.17 bits per heavy atom. The molecule has 0 aliphatic carbocycles. The fourth-order valence-corrected chi connectivity index (χ4v) is 1.43. The van der Waals surface area contributed by atoms with Crippen molar-refractivity contribution in [2.75, 3.05) is 6.54 Å². The Hall–Kier alpha value is -2.78. The fraction of sp³-hybridized carbons (Fsp3) is 0.231. The number of primary amides is 1. The standard InChI is InChI=1S/C13H12F4N2O4/c14-12(15)22-8-3-1-7(9(5-8)23-13(16)17)2-4-11(21)19-6-10(18)20/h1-5,12-13H,6H2,(H2,18,20)(H,19,21)/b4-2+. The van der Waals surface area contributed by atoms with Crippen molar-refractivity contribution in [1.29, 1.82) is 0 Å². The van der Waals surface area contributed by atoms with Crippen molar-refractivity contribution < 1.29 is 36.6 Å². The molecule has 126 valence electrons. The van der Waals surface area contributed by atoms with Gasteiger partial charge in [-0.15, -0.1) is 0 Å². The van der Waals surface area contributed by atoms with Crippen LogP contribution in [0.2, 0.25) is 0 Å². The Morgan fingerprint density at radius 3 is 2.39 bits per heavy atom. The van der Waals surface area contributed by atoms with E-state index in [4.69, 9.17) is 5.73 Å². The zero-order chi connectivity index (χ0) is 17.4. The SMILES string of the molecule is NC(=O)CNC(=O)/C=C/c1ccc(OC(F)F)cc1OC(F)F. The van der Waals surface area contributed by atoms with E-state index in [1.807, 2.05) is 0 Å². The molecule has 0 spiro atoms. The van der Waals surface area contributed by atoms with E-state index in [1.165, 1.54) is 0 Å². The Balaban J connectivity index is 2.90. The van der Waals surface area contributed by atoms with Crippen LogP contribution in [0.15, 0.2) is 24.3 Å². The van der Waals surface area contributed by atoms with Crippen molar-refractivity contribution in [2.45, 2.75) is 13.2 Å². The lowest BCUT2D eigenvalue weighted by Gasteiger charge is -2.11. The Morgan fingerprint density at radius 2 is 1.83 bits per heavy atom. The normalized spacial score (nSPS) is 11.0. The number of halogens is 4. The molecule has 0 atom stereocenters. The number of alkyl halides is 4. The van der Waals surface area contributed by atoms with Gasteiger partial charge >= 0.3 is 13.2 Å². The molecule has 0 saturated heterocycles. The second kappa shape index (κ2) is 8.61. The number of hydrogen-bond acceptors (Lipinski definition) is 4. The van der Waals surface area contributed by atoms with Crippen molar-refractivity contribution >= 4 is 17.9 Å². The Kier molecular flexibility index (Phi) is 6.84. The molecule has 23 heavy (non-hydrogen) atoms. The topological polar surface area (TPSA) is 90.7 Å². The van der Waals surface area contributed by atoms with Gasteiger partial charge in [0.25, 0.3) is 0 Å². The smallest absolute Gasteiger partial charge is 0.387 e. The van der Waals surface area contributed by atoms with Crippen molar-refractivity contribution in [1.82, 2.24) is 5.32 Å². The van der Waals surface area contributed by atoms with Crippen LogP contribution in [0.1, 0.15) is 5.56 Å². The lowest BCUT2D eigenvalue weighted by Crippen LogP contribution is -2.32. The molecule has 0 heterocycles. The zero-order valence-electron chi connectivity index (χ0n) is 11.5. The maximum atomic E-state index is 12.3. The number of ether oxygens (including phenoxy) is 2. The summed E-state index contributed by atoms with van der Waals surface area (Å²) in [6, 6.07) is 3.07. The van der Waals surface area contributed by atoms with Crippen molar-refractivity contribution in [3.63, 3.8) is 0 Å². The number of hydrogen-bond donors (Lipinski definition) is 2. The van der Waals surface area contributed by atoms with Gasteiger partial charge in [-0.1, -0.05) is 0 Å². The van der Waals surface area contributed by atoms with E-state index in [-0.39, 0.29) is 11.3 Å². The first-order valence-electron chi connectivity index (χ1n) is 6.06. The van der Waals surface area contributed by atoms with Crippen LogP contribution in [0, 0.1) is 0 Å². The van der Waals surface area contributed by atoms with Gasteiger partial charge < -0.3 is 20.5 Å². The highest BCUT2D eigenvalue weighted by Crippen LogP contribution is 2.28. The van der Waals surface area contributed by atoms with E-state index in [9.17, 15) is 27.2 Å². The van der Waals surface area contributed by atoms with Gasteiger partial charge in [-0.3, -0.25) is 9.59 Å². The van der Waals surface area contributed by atoms with Gasteiger partial charge in [-0.05, 0) is 18.2 Å². The lowest BCUT2D eigenvalue weighted by molar-refractivity contribution is -0.122. The van der Waals surface area contributed by atoms with Crippen LogP contribution in [0.4, 0.5) is 17.6 Å². The fourth-order valence-electron chi connectivity index (χ4n) is 1.43. The summed E-state index contributed by atoms with van der Waals surface area (Å²) in [4.78, 5) is 21.8. The van der Waals surface area contributed by atoms with E-state index < -0.39 is 37.3 Å². The number of amides is 2. The average Bonchev–Trinajstić information content (AvgIpc) is 2.43. The first-order chi connectivity index (χ1) is 10.8. The van der Waals surface area contributed by atoms with E-state index in [0.29, 0.717) is 0 Å². The Labute approximate surface area is 127 Å². The van der Waals surface area contributed by atoms with Crippen LogP contribution < -0.4 is 20.5 Å². The summed E-state index contributed by atoms with van der Waals surface area (Å²) in [5.41, 5.74) is 4.84. The molecule has 10 heteroatoms. The largest absolute Gasteiger partial charge is 0.435 e. The highest BCUT2D eigenvalue weighted by molar-refractivity contribution is 5.94. The van der Waals surface area contributed by atoms with E-state index >= 15 is 0 Å². The number of nitrogens with one attached hydrogen (secondary N) is 1. The molecule has 2 amide bonds. The average molecular weight is 336 g/mol. The molecule has 0 unspecified atom stereocenters. The van der Waals surface area contributed by atoms with Crippen LogP contribution in [0.25, 0.3) is 6.08 Å². The van der Waals surface area contributed by atoms with Crippen LogP contribution in [0.5, 0.6) is 11.5 Å². The molecule has 0 bridgehead atoms. The summed E-state index contributed by atoms with van der Waals surface area (Å²) < 4.78 is 57.1. The van der Waals surface area contributed by atoms with E-state index in [0.717, 1.165) is 30.4 Å². The molecule has 6 nitrogen and oxygen atoms in total. The molecule has 0 aliphatic heterocycles. The molecular formula is C13H12F4N2O4. The predicted molar refractivity (Wildman–Crippen MR) is 70.9 cm³/mol. The molecule has 0 radical (unpaired) electrons. The molecule has 1 aromatic rings. The molecule has 3 N–H and O–H groups in total. The highest BCUT2D eigenvalue weighted by atomic mass is 19.3.